The number of carbonyl (C=O) groups excluding carboxylic acids is 3. The van der Waals surface area contributed by atoms with Gasteiger partial charge < -0.3 is 10.0 Å². The van der Waals surface area contributed by atoms with Crippen molar-refractivity contribution in [1.82, 2.24) is 9.80 Å². The average molecular weight is 348 g/mol. The molecule has 8 heteroatoms. The summed E-state index contributed by atoms with van der Waals surface area (Å²) in [5.74, 6) is -0.750. The molecule has 0 spiro atoms. The Labute approximate surface area is 142 Å². The number of thioether (sulfide) groups is 1. The molecule has 3 rings (SSSR count). The van der Waals surface area contributed by atoms with Gasteiger partial charge in [-0.1, -0.05) is 0 Å². The van der Waals surface area contributed by atoms with Crippen LogP contribution in [0.1, 0.15) is 37.5 Å². The van der Waals surface area contributed by atoms with E-state index in [-0.39, 0.29) is 35.4 Å². The largest absolute Gasteiger partial charge is 0.481 e. The van der Waals surface area contributed by atoms with E-state index in [1.54, 1.807) is 16.7 Å². The molecule has 1 atom stereocenters. The second-order valence-electron chi connectivity index (χ2n) is 5.75. The lowest BCUT2D eigenvalue weighted by molar-refractivity contribution is -0.138. The van der Waals surface area contributed by atoms with Gasteiger partial charge in [-0.05, 0) is 18.2 Å². The zero-order valence-electron chi connectivity index (χ0n) is 13.0. The fourth-order valence-corrected chi connectivity index (χ4v) is 4.02. The number of fused-ring (bicyclic) bond motifs is 1. The Morgan fingerprint density at radius 2 is 1.96 bits per heavy atom. The molecule has 2 aliphatic rings. The van der Waals surface area contributed by atoms with Crippen LogP contribution in [0.4, 0.5) is 0 Å². The summed E-state index contributed by atoms with van der Waals surface area (Å²) in [7, 11) is 1.40. The molecule has 3 amide bonds. The Morgan fingerprint density at radius 1 is 1.25 bits per heavy atom. The Balaban J connectivity index is 1.89. The predicted octanol–water partition coefficient (Wildman–Crippen LogP) is 0.945. The van der Waals surface area contributed by atoms with E-state index in [2.05, 4.69) is 0 Å². The smallest absolute Gasteiger partial charge is 0.305 e. The van der Waals surface area contributed by atoms with Crippen molar-refractivity contribution >= 4 is 35.5 Å². The van der Waals surface area contributed by atoms with E-state index in [0.717, 1.165) is 10.7 Å². The van der Waals surface area contributed by atoms with E-state index in [0.29, 0.717) is 17.9 Å². The van der Waals surface area contributed by atoms with Crippen molar-refractivity contribution in [2.24, 2.45) is 0 Å². The molecule has 0 aromatic heterocycles. The molecule has 0 bridgehead atoms. The summed E-state index contributed by atoms with van der Waals surface area (Å²) in [5.41, 5.74) is 0.803. The lowest BCUT2D eigenvalue weighted by Gasteiger charge is -2.34. The minimum atomic E-state index is -0.948. The average Bonchev–Trinajstić information content (AvgIpc) is 2.78. The zero-order valence-corrected chi connectivity index (χ0v) is 13.8. The van der Waals surface area contributed by atoms with Crippen LogP contribution in [0.2, 0.25) is 0 Å². The highest BCUT2D eigenvalue weighted by atomic mass is 32.2. The second kappa shape index (κ2) is 6.27. The summed E-state index contributed by atoms with van der Waals surface area (Å²) in [6.45, 7) is 0.464. The number of aliphatic carboxylic acids is 1. The Bertz CT molecular complexity index is 748. The SMILES string of the molecule is CN1C(=O)c2ccc(C(=O)N3CCSCC3CC(=O)O)cc2C1=O. The van der Waals surface area contributed by atoms with Gasteiger partial charge in [0.15, 0.2) is 0 Å². The van der Waals surface area contributed by atoms with Crippen LogP contribution in [0, 0.1) is 0 Å². The molecule has 1 aromatic rings. The third-order valence-corrected chi connectivity index (χ3v) is 5.33. The molecule has 0 radical (unpaired) electrons. The summed E-state index contributed by atoms with van der Waals surface area (Å²) in [5, 5.41) is 9.02. The number of imide groups is 1. The molecule has 1 saturated heterocycles. The van der Waals surface area contributed by atoms with Crippen LogP contribution in [0.3, 0.4) is 0 Å². The van der Waals surface area contributed by atoms with Crippen LogP contribution < -0.4 is 0 Å². The maximum Gasteiger partial charge on any atom is 0.305 e. The van der Waals surface area contributed by atoms with E-state index in [4.69, 9.17) is 5.11 Å². The zero-order chi connectivity index (χ0) is 17.4. The Hall–Kier alpha value is -2.35. The number of nitrogens with zero attached hydrogens (tertiary/aromatic N) is 2. The normalized spacial score (nSPS) is 20.3. The van der Waals surface area contributed by atoms with Crippen LogP contribution in [-0.4, -0.2) is 69.7 Å². The topological polar surface area (TPSA) is 95.0 Å². The number of amides is 3. The predicted molar refractivity (Wildman–Crippen MR) is 87.3 cm³/mol. The lowest BCUT2D eigenvalue weighted by Crippen LogP contribution is -2.47. The Kier molecular flexibility index (Phi) is 4.31. The minimum Gasteiger partial charge on any atom is -0.481 e. The molecule has 0 aliphatic carbocycles. The van der Waals surface area contributed by atoms with Gasteiger partial charge in [-0.15, -0.1) is 0 Å². The van der Waals surface area contributed by atoms with Crippen molar-refractivity contribution in [2.45, 2.75) is 12.5 Å². The third-order valence-electron chi connectivity index (χ3n) is 4.24. The number of carbonyl (C=O) groups is 4. The van der Waals surface area contributed by atoms with Gasteiger partial charge in [0.2, 0.25) is 0 Å². The lowest BCUT2D eigenvalue weighted by atomic mass is 10.0. The van der Waals surface area contributed by atoms with E-state index in [9.17, 15) is 19.2 Å². The van der Waals surface area contributed by atoms with Crippen LogP contribution in [0.25, 0.3) is 0 Å². The molecule has 1 unspecified atom stereocenters. The third kappa shape index (κ3) is 2.77. The molecule has 1 aromatic carbocycles. The van der Waals surface area contributed by atoms with Gasteiger partial charge in [-0.25, -0.2) is 0 Å². The first-order valence-electron chi connectivity index (χ1n) is 7.47. The van der Waals surface area contributed by atoms with Crippen molar-refractivity contribution in [3.63, 3.8) is 0 Å². The van der Waals surface area contributed by atoms with Crippen LogP contribution in [-0.2, 0) is 4.79 Å². The van der Waals surface area contributed by atoms with Crippen molar-refractivity contribution in [3.05, 3.63) is 34.9 Å². The molecule has 0 saturated carbocycles. The highest BCUT2D eigenvalue weighted by Crippen LogP contribution is 2.25. The van der Waals surface area contributed by atoms with Crippen molar-refractivity contribution in [2.75, 3.05) is 25.1 Å². The van der Waals surface area contributed by atoms with Crippen LogP contribution >= 0.6 is 11.8 Å². The van der Waals surface area contributed by atoms with Gasteiger partial charge in [-0.2, -0.15) is 11.8 Å². The summed E-state index contributed by atoms with van der Waals surface area (Å²) in [6, 6.07) is 4.06. The van der Waals surface area contributed by atoms with Crippen molar-refractivity contribution < 1.29 is 24.3 Å². The summed E-state index contributed by atoms with van der Waals surface area (Å²) < 4.78 is 0. The molecule has 24 heavy (non-hydrogen) atoms. The fraction of sp³-hybridized carbons (Fsp3) is 0.375. The maximum absolute atomic E-state index is 12.8. The Morgan fingerprint density at radius 3 is 2.67 bits per heavy atom. The summed E-state index contributed by atoms with van der Waals surface area (Å²) in [6.07, 6.45) is -0.107. The van der Waals surface area contributed by atoms with Crippen molar-refractivity contribution in [3.8, 4) is 0 Å². The van der Waals surface area contributed by atoms with Gasteiger partial charge in [0.25, 0.3) is 17.7 Å². The summed E-state index contributed by atoms with van der Waals surface area (Å²) in [4.78, 5) is 50.3. The monoisotopic (exact) mass is 348 g/mol. The molecular formula is C16H16N2O5S. The van der Waals surface area contributed by atoms with Gasteiger partial charge in [0.1, 0.15) is 0 Å². The minimum absolute atomic E-state index is 0.107. The standard InChI is InChI=1S/C16H16N2O5S/c1-17-15(22)11-3-2-9(6-12(11)16(17)23)14(21)18-4-5-24-8-10(18)7-13(19)20/h2-3,6,10H,4-5,7-8H2,1H3,(H,19,20). The molecule has 126 valence electrons. The van der Waals surface area contributed by atoms with Gasteiger partial charge in [0, 0.05) is 30.7 Å². The first kappa shape index (κ1) is 16.5. The van der Waals surface area contributed by atoms with Crippen LogP contribution in [0.15, 0.2) is 18.2 Å². The molecular weight excluding hydrogens is 332 g/mol. The number of benzene rings is 1. The molecule has 1 N–H and O–H groups in total. The van der Waals surface area contributed by atoms with Gasteiger partial charge >= 0.3 is 5.97 Å². The van der Waals surface area contributed by atoms with E-state index >= 15 is 0 Å². The van der Waals surface area contributed by atoms with E-state index in [1.165, 1.54) is 25.2 Å². The van der Waals surface area contributed by atoms with E-state index < -0.39 is 11.9 Å². The van der Waals surface area contributed by atoms with E-state index in [1.807, 2.05) is 0 Å². The summed E-state index contributed by atoms with van der Waals surface area (Å²) >= 11 is 1.62. The van der Waals surface area contributed by atoms with Crippen LogP contribution in [0.5, 0.6) is 0 Å². The first-order chi connectivity index (χ1) is 11.4. The first-order valence-corrected chi connectivity index (χ1v) is 8.62. The highest BCUT2D eigenvalue weighted by molar-refractivity contribution is 7.99. The van der Waals surface area contributed by atoms with Gasteiger partial charge in [0.05, 0.1) is 23.6 Å². The molecule has 7 nitrogen and oxygen atoms in total. The highest BCUT2D eigenvalue weighted by Gasteiger charge is 2.35. The number of hydrogen-bond donors (Lipinski definition) is 1. The number of carboxylic acids is 1. The number of carboxylic acid groups (broad SMARTS) is 1. The van der Waals surface area contributed by atoms with Gasteiger partial charge in [-0.3, -0.25) is 24.1 Å². The molecule has 2 heterocycles. The molecule has 1 fully saturated rings. The second-order valence-corrected chi connectivity index (χ2v) is 6.90. The number of hydrogen-bond acceptors (Lipinski definition) is 5. The van der Waals surface area contributed by atoms with Crippen molar-refractivity contribution in [1.29, 1.82) is 0 Å². The fourth-order valence-electron chi connectivity index (χ4n) is 2.95. The maximum atomic E-state index is 12.8. The molecule has 2 aliphatic heterocycles. The quantitative estimate of drug-likeness (QED) is 0.817. The number of rotatable bonds is 3.